The maximum Gasteiger partial charge on any atom is 0.220 e. The van der Waals surface area contributed by atoms with Crippen LogP contribution < -0.4 is 5.32 Å². The summed E-state index contributed by atoms with van der Waals surface area (Å²) in [7, 11) is 0. The Bertz CT molecular complexity index is 233. The highest BCUT2D eigenvalue weighted by atomic mass is 16.3. The standard InChI is InChI=1S/C15H29NO2/c1-12(2)9-14(17)11-16-15(18)10-13-7-5-3-4-6-8-13/h12-14,17H,3-11H2,1-2H3,(H,16,18). The summed E-state index contributed by atoms with van der Waals surface area (Å²) >= 11 is 0. The van der Waals surface area contributed by atoms with Crippen LogP contribution in [-0.4, -0.2) is 23.7 Å². The summed E-state index contributed by atoms with van der Waals surface area (Å²) < 4.78 is 0. The Labute approximate surface area is 111 Å². The quantitative estimate of drug-likeness (QED) is 0.717. The first-order valence-corrected chi connectivity index (χ1v) is 7.52. The van der Waals surface area contributed by atoms with Crippen LogP contribution in [0.4, 0.5) is 0 Å². The molecule has 1 aliphatic carbocycles. The lowest BCUT2D eigenvalue weighted by atomic mass is 9.96. The molecule has 0 aromatic heterocycles. The van der Waals surface area contributed by atoms with Crippen LogP contribution in [0.3, 0.4) is 0 Å². The Balaban J connectivity index is 2.16. The second-order valence-corrected chi connectivity index (χ2v) is 6.15. The second kappa shape index (κ2) is 8.52. The molecule has 3 nitrogen and oxygen atoms in total. The van der Waals surface area contributed by atoms with E-state index in [1.165, 1.54) is 38.5 Å². The van der Waals surface area contributed by atoms with Gasteiger partial charge in [0.1, 0.15) is 0 Å². The molecule has 0 heterocycles. The van der Waals surface area contributed by atoms with E-state index in [-0.39, 0.29) is 5.91 Å². The van der Waals surface area contributed by atoms with Crippen LogP contribution in [0.1, 0.15) is 65.2 Å². The number of aliphatic hydroxyl groups is 1. The van der Waals surface area contributed by atoms with E-state index in [4.69, 9.17) is 0 Å². The van der Waals surface area contributed by atoms with Gasteiger partial charge in [-0.2, -0.15) is 0 Å². The van der Waals surface area contributed by atoms with Gasteiger partial charge in [-0.25, -0.2) is 0 Å². The van der Waals surface area contributed by atoms with E-state index in [1.54, 1.807) is 0 Å². The van der Waals surface area contributed by atoms with E-state index in [0.29, 0.717) is 24.8 Å². The number of carbonyl (C=O) groups excluding carboxylic acids is 1. The summed E-state index contributed by atoms with van der Waals surface area (Å²) in [6, 6.07) is 0. The van der Waals surface area contributed by atoms with Gasteiger partial charge in [-0.15, -0.1) is 0 Å². The van der Waals surface area contributed by atoms with Crippen molar-refractivity contribution in [3.05, 3.63) is 0 Å². The molecule has 0 aromatic rings. The minimum atomic E-state index is -0.400. The van der Waals surface area contributed by atoms with Gasteiger partial charge in [0, 0.05) is 13.0 Å². The summed E-state index contributed by atoms with van der Waals surface area (Å²) in [6.45, 7) is 4.57. The third-order valence-corrected chi connectivity index (χ3v) is 3.73. The molecule has 3 heteroatoms. The molecule has 18 heavy (non-hydrogen) atoms. The highest BCUT2D eigenvalue weighted by Gasteiger charge is 2.16. The molecule has 0 saturated heterocycles. The Kier molecular flexibility index (Phi) is 7.33. The van der Waals surface area contributed by atoms with Crippen molar-refractivity contribution in [1.29, 1.82) is 0 Å². The maximum absolute atomic E-state index is 11.8. The van der Waals surface area contributed by atoms with Crippen molar-refractivity contribution in [2.75, 3.05) is 6.54 Å². The molecular formula is C15H29NO2. The summed E-state index contributed by atoms with van der Waals surface area (Å²) in [5.41, 5.74) is 0. The van der Waals surface area contributed by atoms with Crippen LogP contribution in [0.15, 0.2) is 0 Å². The van der Waals surface area contributed by atoms with Crippen LogP contribution in [-0.2, 0) is 4.79 Å². The number of hydrogen-bond acceptors (Lipinski definition) is 2. The topological polar surface area (TPSA) is 49.3 Å². The van der Waals surface area contributed by atoms with Crippen LogP contribution in [0, 0.1) is 11.8 Å². The van der Waals surface area contributed by atoms with Gasteiger partial charge in [0.15, 0.2) is 0 Å². The van der Waals surface area contributed by atoms with E-state index in [0.717, 1.165) is 6.42 Å². The zero-order chi connectivity index (χ0) is 13.4. The number of carbonyl (C=O) groups is 1. The molecule has 1 rings (SSSR count). The molecule has 1 amide bonds. The van der Waals surface area contributed by atoms with E-state index >= 15 is 0 Å². The van der Waals surface area contributed by atoms with Crippen molar-refractivity contribution in [1.82, 2.24) is 5.32 Å². The van der Waals surface area contributed by atoms with Crippen LogP contribution in [0.5, 0.6) is 0 Å². The normalized spacial score (nSPS) is 19.6. The average molecular weight is 255 g/mol. The molecule has 0 radical (unpaired) electrons. The highest BCUT2D eigenvalue weighted by Crippen LogP contribution is 2.25. The van der Waals surface area contributed by atoms with Gasteiger partial charge < -0.3 is 10.4 Å². The van der Waals surface area contributed by atoms with E-state index < -0.39 is 6.10 Å². The Hall–Kier alpha value is -0.570. The zero-order valence-corrected chi connectivity index (χ0v) is 12.0. The lowest BCUT2D eigenvalue weighted by Gasteiger charge is -2.16. The van der Waals surface area contributed by atoms with Crippen molar-refractivity contribution in [2.45, 2.75) is 71.3 Å². The first-order valence-electron chi connectivity index (χ1n) is 7.52. The van der Waals surface area contributed by atoms with E-state index in [1.807, 2.05) is 0 Å². The van der Waals surface area contributed by atoms with Gasteiger partial charge >= 0.3 is 0 Å². The predicted octanol–water partition coefficient (Wildman–Crippen LogP) is 2.87. The molecule has 1 fully saturated rings. The van der Waals surface area contributed by atoms with Gasteiger partial charge in [-0.05, 0) is 31.1 Å². The highest BCUT2D eigenvalue weighted by molar-refractivity contribution is 5.76. The average Bonchev–Trinajstić information content (AvgIpc) is 2.54. The molecule has 1 atom stereocenters. The van der Waals surface area contributed by atoms with Gasteiger partial charge in [0.2, 0.25) is 5.91 Å². The van der Waals surface area contributed by atoms with Gasteiger partial charge in [0.25, 0.3) is 0 Å². The largest absolute Gasteiger partial charge is 0.391 e. The fraction of sp³-hybridized carbons (Fsp3) is 0.933. The molecule has 106 valence electrons. The molecule has 0 spiro atoms. The van der Waals surface area contributed by atoms with Crippen LogP contribution in [0.2, 0.25) is 0 Å². The maximum atomic E-state index is 11.8. The predicted molar refractivity (Wildman–Crippen MR) is 74.3 cm³/mol. The molecule has 0 aromatic carbocycles. The van der Waals surface area contributed by atoms with Gasteiger partial charge in [-0.1, -0.05) is 39.5 Å². The lowest BCUT2D eigenvalue weighted by Crippen LogP contribution is -2.33. The molecule has 0 bridgehead atoms. The fourth-order valence-corrected chi connectivity index (χ4v) is 2.76. The van der Waals surface area contributed by atoms with E-state index in [2.05, 4.69) is 19.2 Å². The molecule has 1 aliphatic rings. The summed E-state index contributed by atoms with van der Waals surface area (Å²) in [6.07, 6.45) is 8.59. The third-order valence-electron chi connectivity index (χ3n) is 3.73. The fourth-order valence-electron chi connectivity index (χ4n) is 2.76. The summed E-state index contributed by atoms with van der Waals surface area (Å²) in [5, 5.41) is 12.6. The number of rotatable bonds is 6. The van der Waals surface area contributed by atoms with E-state index in [9.17, 15) is 9.90 Å². The van der Waals surface area contributed by atoms with Crippen molar-refractivity contribution >= 4 is 5.91 Å². The van der Waals surface area contributed by atoms with Crippen molar-refractivity contribution in [3.63, 3.8) is 0 Å². The molecule has 2 N–H and O–H groups in total. The van der Waals surface area contributed by atoms with Crippen LogP contribution >= 0.6 is 0 Å². The monoisotopic (exact) mass is 255 g/mol. The van der Waals surface area contributed by atoms with Crippen molar-refractivity contribution in [3.8, 4) is 0 Å². The lowest BCUT2D eigenvalue weighted by molar-refractivity contribution is -0.122. The molecule has 0 aliphatic heterocycles. The smallest absolute Gasteiger partial charge is 0.220 e. The molecule has 1 unspecified atom stereocenters. The SMILES string of the molecule is CC(C)CC(O)CNC(=O)CC1CCCCCC1. The second-order valence-electron chi connectivity index (χ2n) is 6.15. The van der Waals surface area contributed by atoms with Gasteiger partial charge in [0.05, 0.1) is 6.10 Å². The zero-order valence-electron chi connectivity index (χ0n) is 12.0. The Morgan fingerprint density at radius 2 is 1.83 bits per heavy atom. The number of amides is 1. The first-order chi connectivity index (χ1) is 8.58. The minimum absolute atomic E-state index is 0.115. The number of hydrogen-bond donors (Lipinski definition) is 2. The Morgan fingerprint density at radius 1 is 1.22 bits per heavy atom. The van der Waals surface area contributed by atoms with Crippen LogP contribution in [0.25, 0.3) is 0 Å². The Morgan fingerprint density at radius 3 is 2.39 bits per heavy atom. The molecular weight excluding hydrogens is 226 g/mol. The number of aliphatic hydroxyl groups excluding tert-OH is 1. The minimum Gasteiger partial charge on any atom is -0.391 e. The summed E-state index contributed by atoms with van der Waals surface area (Å²) in [5.74, 6) is 1.15. The third kappa shape index (κ3) is 7.00. The van der Waals surface area contributed by atoms with Crippen molar-refractivity contribution < 1.29 is 9.90 Å². The van der Waals surface area contributed by atoms with Crippen molar-refractivity contribution in [2.24, 2.45) is 11.8 Å². The van der Waals surface area contributed by atoms with Gasteiger partial charge in [-0.3, -0.25) is 4.79 Å². The summed E-state index contributed by atoms with van der Waals surface area (Å²) in [4.78, 5) is 11.8. The number of nitrogens with one attached hydrogen (secondary N) is 1. The molecule has 1 saturated carbocycles. The first kappa shape index (κ1) is 15.5.